The molecule has 0 saturated carbocycles. The molecule has 0 radical (unpaired) electrons. The highest BCUT2D eigenvalue weighted by molar-refractivity contribution is 7.79. The Kier molecular flexibility index (Phi) is 12.3. The molecule has 0 heterocycles. The van der Waals surface area contributed by atoms with E-state index >= 15 is 0 Å². The number of ether oxygens (including phenoxy) is 1. The quantitative estimate of drug-likeness (QED) is 0.335. The van der Waals surface area contributed by atoms with Crippen molar-refractivity contribution < 1.29 is 18.3 Å². The van der Waals surface area contributed by atoms with Gasteiger partial charge in [-0.25, -0.2) is 4.21 Å². The Morgan fingerprint density at radius 1 is 1.05 bits per heavy atom. The molecule has 0 rings (SSSR count). The molecule has 0 saturated heterocycles. The molecule has 114 valence electrons. The molecule has 4 nitrogen and oxygen atoms in total. The van der Waals surface area contributed by atoms with Crippen molar-refractivity contribution in [3.8, 4) is 0 Å². The van der Waals surface area contributed by atoms with Crippen LogP contribution in [-0.2, 0) is 20.6 Å². The van der Waals surface area contributed by atoms with Crippen molar-refractivity contribution in [3.05, 3.63) is 0 Å². The first-order valence-electron chi connectivity index (χ1n) is 7.34. The molecule has 0 aliphatic rings. The minimum absolute atomic E-state index is 0.471. The van der Waals surface area contributed by atoms with Crippen molar-refractivity contribution in [2.45, 2.75) is 83.5 Å². The maximum absolute atomic E-state index is 10.9. The third-order valence-electron chi connectivity index (χ3n) is 3.07. The Balaban J connectivity index is 3.45. The van der Waals surface area contributed by atoms with Crippen molar-refractivity contribution in [2.75, 3.05) is 0 Å². The molecule has 0 fully saturated rings. The summed E-state index contributed by atoms with van der Waals surface area (Å²) >= 11 is -2.08. The highest BCUT2D eigenvalue weighted by Crippen LogP contribution is 2.13. The fourth-order valence-electron chi connectivity index (χ4n) is 2.01. The van der Waals surface area contributed by atoms with E-state index in [1.165, 1.54) is 45.4 Å². The van der Waals surface area contributed by atoms with Crippen LogP contribution in [0.15, 0.2) is 0 Å². The Morgan fingerprint density at radius 2 is 1.53 bits per heavy atom. The van der Waals surface area contributed by atoms with Crippen LogP contribution in [0.2, 0.25) is 0 Å². The van der Waals surface area contributed by atoms with Gasteiger partial charge < -0.3 is 9.29 Å². The van der Waals surface area contributed by atoms with E-state index < -0.39 is 22.5 Å². The maximum Gasteiger partial charge on any atom is 0.303 e. The molecule has 0 aromatic rings. The van der Waals surface area contributed by atoms with E-state index in [4.69, 9.17) is 9.29 Å². The van der Waals surface area contributed by atoms with E-state index in [2.05, 4.69) is 6.92 Å². The third-order valence-corrected chi connectivity index (χ3v) is 3.85. The molecule has 2 unspecified atom stereocenters. The standard InChI is InChI=1S/C14H28O4S/c1-3-4-5-6-7-8-9-10-11-12-14(19(16)17)18-13(2)15/h14H,3-12H2,1-2H3,(H,16,17). The molecule has 5 heteroatoms. The Labute approximate surface area is 119 Å². The predicted molar refractivity (Wildman–Crippen MR) is 78.2 cm³/mol. The zero-order chi connectivity index (χ0) is 14.5. The number of unbranched alkanes of at least 4 members (excludes halogenated alkanes) is 8. The van der Waals surface area contributed by atoms with Crippen LogP contribution in [0.5, 0.6) is 0 Å². The van der Waals surface area contributed by atoms with E-state index in [1.807, 2.05) is 0 Å². The van der Waals surface area contributed by atoms with Crippen molar-refractivity contribution in [1.29, 1.82) is 0 Å². The van der Waals surface area contributed by atoms with Crippen LogP contribution in [-0.4, -0.2) is 20.2 Å². The molecule has 2 atom stereocenters. The summed E-state index contributed by atoms with van der Waals surface area (Å²) in [5.41, 5.74) is -0.859. The lowest BCUT2D eigenvalue weighted by Crippen LogP contribution is -2.21. The normalized spacial score (nSPS) is 14.1. The van der Waals surface area contributed by atoms with Gasteiger partial charge in [-0.3, -0.25) is 4.79 Å². The van der Waals surface area contributed by atoms with Crippen LogP contribution in [0.3, 0.4) is 0 Å². The van der Waals surface area contributed by atoms with Gasteiger partial charge in [0, 0.05) is 6.92 Å². The summed E-state index contributed by atoms with van der Waals surface area (Å²) in [7, 11) is 0. The van der Waals surface area contributed by atoms with Crippen LogP contribution in [0.4, 0.5) is 0 Å². The summed E-state index contributed by atoms with van der Waals surface area (Å²) in [5, 5.41) is 0. The van der Waals surface area contributed by atoms with Crippen LogP contribution in [0.1, 0.15) is 78.1 Å². The zero-order valence-corrected chi connectivity index (χ0v) is 13.0. The van der Waals surface area contributed by atoms with Crippen molar-refractivity contribution in [2.24, 2.45) is 0 Å². The molecule has 0 aromatic carbocycles. The number of carbonyl (C=O) groups is 1. The molecule has 0 aliphatic heterocycles. The summed E-state index contributed by atoms with van der Waals surface area (Å²) in [6.07, 6.45) is 11.2. The predicted octanol–water partition coefficient (Wildman–Crippen LogP) is 4.02. The minimum Gasteiger partial charge on any atom is -0.446 e. The molecule has 0 spiro atoms. The average Bonchev–Trinajstić information content (AvgIpc) is 2.34. The molecular formula is C14H28O4S. The van der Waals surface area contributed by atoms with Gasteiger partial charge >= 0.3 is 5.97 Å². The van der Waals surface area contributed by atoms with Gasteiger partial charge in [0.25, 0.3) is 0 Å². The second kappa shape index (κ2) is 12.6. The fourth-order valence-corrected chi connectivity index (χ4v) is 2.59. The summed E-state index contributed by atoms with van der Waals surface area (Å²) < 4.78 is 24.7. The third kappa shape index (κ3) is 12.4. The number of carbonyl (C=O) groups excluding carboxylic acids is 1. The molecule has 0 amide bonds. The van der Waals surface area contributed by atoms with Crippen LogP contribution in [0, 0.1) is 0 Å². The minimum atomic E-state index is -2.08. The summed E-state index contributed by atoms with van der Waals surface area (Å²) in [6.45, 7) is 3.47. The van der Waals surface area contributed by atoms with Gasteiger partial charge in [0.15, 0.2) is 11.1 Å². The highest BCUT2D eigenvalue weighted by Gasteiger charge is 2.17. The Bertz CT molecular complexity index is 256. The van der Waals surface area contributed by atoms with Gasteiger partial charge in [-0.15, -0.1) is 0 Å². The van der Waals surface area contributed by atoms with Gasteiger partial charge in [0.2, 0.25) is 5.44 Å². The van der Waals surface area contributed by atoms with Gasteiger partial charge in [0.05, 0.1) is 0 Å². The van der Waals surface area contributed by atoms with Crippen molar-refractivity contribution in [1.82, 2.24) is 0 Å². The zero-order valence-electron chi connectivity index (χ0n) is 12.2. The van der Waals surface area contributed by atoms with Crippen molar-refractivity contribution >= 4 is 17.0 Å². The van der Waals surface area contributed by atoms with Crippen LogP contribution < -0.4 is 0 Å². The first kappa shape index (κ1) is 18.6. The monoisotopic (exact) mass is 292 g/mol. The Morgan fingerprint density at radius 3 is 1.95 bits per heavy atom. The van der Waals surface area contributed by atoms with E-state index in [9.17, 15) is 9.00 Å². The maximum atomic E-state index is 10.9. The second-order valence-electron chi connectivity index (χ2n) is 4.93. The molecular weight excluding hydrogens is 264 g/mol. The molecule has 0 aliphatic carbocycles. The topological polar surface area (TPSA) is 63.6 Å². The summed E-state index contributed by atoms with van der Waals surface area (Å²) in [4.78, 5) is 10.8. The molecule has 19 heavy (non-hydrogen) atoms. The number of hydrogen-bond acceptors (Lipinski definition) is 3. The van der Waals surface area contributed by atoms with Gasteiger partial charge in [-0.2, -0.15) is 0 Å². The number of esters is 1. The fraction of sp³-hybridized carbons (Fsp3) is 0.929. The van der Waals surface area contributed by atoms with E-state index in [1.54, 1.807) is 0 Å². The lowest BCUT2D eigenvalue weighted by atomic mass is 10.1. The van der Waals surface area contributed by atoms with Gasteiger partial charge in [-0.05, 0) is 12.8 Å². The van der Waals surface area contributed by atoms with E-state index in [-0.39, 0.29) is 0 Å². The summed E-state index contributed by atoms with van der Waals surface area (Å²) in [6, 6.07) is 0. The summed E-state index contributed by atoms with van der Waals surface area (Å²) in [5.74, 6) is -0.497. The first-order chi connectivity index (χ1) is 9.07. The molecule has 1 N–H and O–H groups in total. The average molecular weight is 292 g/mol. The number of hydrogen-bond donors (Lipinski definition) is 1. The lowest BCUT2D eigenvalue weighted by Gasteiger charge is -2.12. The largest absolute Gasteiger partial charge is 0.446 e. The van der Waals surface area contributed by atoms with E-state index in [0.29, 0.717) is 6.42 Å². The smallest absolute Gasteiger partial charge is 0.303 e. The van der Waals surface area contributed by atoms with Crippen molar-refractivity contribution in [3.63, 3.8) is 0 Å². The second-order valence-corrected chi connectivity index (χ2v) is 6.01. The van der Waals surface area contributed by atoms with E-state index in [0.717, 1.165) is 19.3 Å². The van der Waals surface area contributed by atoms with Crippen LogP contribution >= 0.6 is 0 Å². The SMILES string of the molecule is CCCCCCCCCCCC(OC(C)=O)S(=O)O. The van der Waals surface area contributed by atoms with Crippen LogP contribution in [0.25, 0.3) is 0 Å². The first-order valence-corrected chi connectivity index (χ1v) is 8.51. The lowest BCUT2D eigenvalue weighted by molar-refractivity contribution is -0.143. The molecule has 0 bridgehead atoms. The highest BCUT2D eigenvalue weighted by atomic mass is 32.2. The number of rotatable bonds is 12. The Hall–Kier alpha value is -0.420. The molecule has 0 aromatic heterocycles. The van der Waals surface area contributed by atoms with Gasteiger partial charge in [-0.1, -0.05) is 58.3 Å². The van der Waals surface area contributed by atoms with Gasteiger partial charge in [0.1, 0.15) is 0 Å².